The van der Waals surface area contributed by atoms with E-state index in [1.807, 2.05) is 26.0 Å². The van der Waals surface area contributed by atoms with E-state index in [0.717, 1.165) is 9.75 Å². The van der Waals surface area contributed by atoms with Gasteiger partial charge in [0.25, 0.3) is 0 Å². The molecule has 18 heavy (non-hydrogen) atoms. The molecule has 1 aromatic rings. The highest BCUT2D eigenvalue weighted by Gasteiger charge is 2.30. The first-order chi connectivity index (χ1) is 8.20. The lowest BCUT2D eigenvalue weighted by atomic mass is 10.1. The predicted octanol–water partition coefficient (Wildman–Crippen LogP) is 3.33. The van der Waals surface area contributed by atoms with Gasteiger partial charge in [-0.25, -0.2) is 0 Å². The third-order valence-corrected chi connectivity index (χ3v) is 3.84. The van der Waals surface area contributed by atoms with E-state index in [0.29, 0.717) is 0 Å². The summed E-state index contributed by atoms with van der Waals surface area (Å²) in [5, 5.41) is 0. The summed E-state index contributed by atoms with van der Waals surface area (Å²) in [6.07, 6.45) is -4.93. The normalized spacial score (nSPS) is 16.0. The number of nitrogens with zero attached hydrogens (tertiary/aromatic N) is 1. The van der Waals surface area contributed by atoms with Crippen molar-refractivity contribution >= 4 is 11.3 Å². The molecule has 0 aromatic carbocycles. The molecule has 0 radical (unpaired) electrons. The fraction of sp³-hybridized carbons (Fsp3) is 0.667. The Labute approximate surface area is 110 Å². The van der Waals surface area contributed by atoms with Crippen LogP contribution in [0.1, 0.15) is 29.1 Å². The molecule has 2 N–H and O–H groups in total. The second-order valence-electron chi connectivity index (χ2n) is 4.60. The van der Waals surface area contributed by atoms with Gasteiger partial charge >= 0.3 is 6.18 Å². The molecule has 104 valence electrons. The van der Waals surface area contributed by atoms with Gasteiger partial charge in [-0.1, -0.05) is 0 Å². The van der Waals surface area contributed by atoms with Crippen LogP contribution in [0.25, 0.3) is 0 Å². The maximum absolute atomic E-state index is 12.2. The van der Waals surface area contributed by atoms with Crippen LogP contribution in [0.5, 0.6) is 0 Å². The van der Waals surface area contributed by atoms with Crippen LogP contribution in [0.3, 0.4) is 0 Å². The Kier molecular flexibility index (Phi) is 5.19. The molecule has 1 aromatic heterocycles. The minimum absolute atomic E-state index is 0.0351. The minimum atomic E-state index is -4.12. The number of thiophene rings is 1. The number of rotatable bonds is 5. The zero-order chi connectivity index (χ0) is 13.9. The van der Waals surface area contributed by atoms with Crippen molar-refractivity contribution in [1.29, 1.82) is 0 Å². The van der Waals surface area contributed by atoms with Gasteiger partial charge in [0, 0.05) is 22.3 Å². The molecule has 2 nitrogen and oxygen atoms in total. The smallest absolute Gasteiger partial charge is 0.326 e. The summed E-state index contributed by atoms with van der Waals surface area (Å²) in [5.41, 5.74) is 5.90. The number of hydrogen-bond acceptors (Lipinski definition) is 3. The van der Waals surface area contributed by atoms with Gasteiger partial charge in [-0.2, -0.15) is 13.2 Å². The molecule has 6 heteroatoms. The van der Waals surface area contributed by atoms with Crippen LogP contribution in [0.4, 0.5) is 13.2 Å². The molecule has 0 saturated heterocycles. The highest BCUT2D eigenvalue weighted by Crippen LogP contribution is 2.30. The number of likely N-dealkylation sites (N-methyl/N-ethyl adjacent to an activating group) is 1. The quantitative estimate of drug-likeness (QED) is 0.896. The van der Waals surface area contributed by atoms with E-state index in [4.69, 9.17) is 5.73 Å². The van der Waals surface area contributed by atoms with Crippen LogP contribution in [-0.2, 0) is 0 Å². The van der Waals surface area contributed by atoms with Crippen molar-refractivity contribution in [3.8, 4) is 0 Å². The van der Waals surface area contributed by atoms with Gasteiger partial charge in [-0.3, -0.25) is 4.90 Å². The largest absolute Gasteiger partial charge is 0.390 e. The Bertz CT molecular complexity index is 374. The summed E-state index contributed by atoms with van der Waals surface area (Å²) < 4.78 is 36.7. The molecule has 0 fully saturated rings. The van der Waals surface area contributed by atoms with Gasteiger partial charge in [-0.15, -0.1) is 11.3 Å². The van der Waals surface area contributed by atoms with Crippen molar-refractivity contribution < 1.29 is 13.2 Å². The lowest BCUT2D eigenvalue weighted by Crippen LogP contribution is -2.38. The van der Waals surface area contributed by atoms with E-state index in [-0.39, 0.29) is 18.6 Å². The SMILES string of the molecule is Cc1ccc(C(C(C)N)N(C)CCC(F)(F)F)s1. The molecule has 1 rings (SSSR count). The number of alkyl halides is 3. The van der Waals surface area contributed by atoms with Gasteiger partial charge in [0.15, 0.2) is 0 Å². The van der Waals surface area contributed by atoms with Gasteiger partial charge < -0.3 is 5.73 Å². The van der Waals surface area contributed by atoms with Crippen molar-refractivity contribution in [2.45, 2.75) is 38.5 Å². The lowest BCUT2D eigenvalue weighted by Gasteiger charge is -2.30. The maximum Gasteiger partial charge on any atom is 0.390 e. The van der Waals surface area contributed by atoms with E-state index in [1.165, 1.54) is 0 Å². The minimum Gasteiger partial charge on any atom is -0.326 e. The fourth-order valence-electron chi connectivity index (χ4n) is 1.93. The number of hydrogen-bond donors (Lipinski definition) is 1. The molecule has 0 aliphatic heterocycles. The van der Waals surface area contributed by atoms with Crippen LogP contribution in [0.15, 0.2) is 12.1 Å². The lowest BCUT2D eigenvalue weighted by molar-refractivity contribution is -0.138. The van der Waals surface area contributed by atoms with E-state index >= 15 is 0 Å². The van der Waals surface area contributed by atoms with E-state index in [2.05, 4.69) is 0 Å². The summed E-state index contributed by atoms with van der Waals surface area (Å²) in [6.45, 7) is 3.76. The van der Waals surface area contributed by atoms with Crippen molar-refractivity contribution in [1.82, 2.24) is 4.90 Å². The zero-order valence-electron chi connectivity index (χ0n) is 10.8. The van der Waals surface area contributed by atoms with Gasteiger partial charge in [0.1, 0.15) is 0 Å². The van der Waals surface area contributed by atoms with Crippen molar-refractivity contribution in [3.05, 3.63) is 21.9 Å². The van der Waals surface area contributed by atoms with Crippen LogP contribution < -0.4 is 5.73 Å². The summed E-state index contributed by atoms with van der Waals surface area (Å²) >= 11 is 1.58. The zero-order valence-corrected chi connectivity index (χ0v) is 11.6. The van der Waals surface area contributed by atoms with Gasteiger partial charge in [0.05, 0.1) is 12.5 Å². The topological polar surface area (TPSA) is 29.3 Å². The first-order valence-corrected chi connectivity index (χ1v) is 6.61. The molecule has 0 aliphatic rings. The Morgan fingerprint density at radius 1 is 1.39 bits per heavy atom. The molecule has 0 amide bonds. The molecule has 2 atom stereocenters. The van der Waals surface area contributed by atoms with Crippen molar-refractivity contribution in [2.24, 2.45) is 5.73 Å². The third-order valence-electron chi connectivity index (χ3n) is 2.77. The van der Waals surface area contributed by atoms with E-state index < -0.39 is 12.6 Å². The predicted molar refractivity (Wildman–Crippen MR) is 68.7 cm³/mol. The first kappa shape index (κ1) is 15.5. The van der Waals surface area contributed by atoms with Crippen molar-refractivity contribution in [3.63, 3.8) is 0 Å². The first-order valence-electron chi connectivity index (χ1n) is 5.79. The summed E-state index contributed by atoms with van der Waals surface area (Å²) in [7, 11) is 1.69. The standard InChI is InChI=1S/C12H19F3N2S/c1-8-4-5-10(18-8)11(9(2)16)17(3)7-6-12(13,14)15/h4-5,9,11H,6-7,16H2,1-3H3. The van der Waals surface area contributed by atoms with Crippen LogP contribution in [0.2, 0.25) is 0 Å². The molecule has 0 bridgehead atoms. The summed E-state index contributed by atoms with van der Waals surface area (Å²) in [6, 6.07) is 3.54. The summed E-state index contributed by atoms with van der Waals surface area (Å²) in [4.78, 5) is 3.84. The molecule has 0 aliphatic carbocycles. The maximum atomic E-state index is 12.2. The Morgan fingerprint density at radius 2 is 2.00 bits per heavy atom. The third kappa shape index (κ3) is 4.59. The van der Waals surface area contributed by atoms with Crippen molar-refractivity contribution in [2.75, 3.05) is 13.6 Å². The number of halogens is 3. The fourth-order valence-corrected chi connectivity index (χ4v) is 3.09. The van der Waals surface area contributed by atoms with Crippen LogP contribution in [-0.4, -0.2) is 30.7 Å². The summed E-state index contributed by atoms with van der Waals surface area (Å²) in [5.74, 6) is 0. The average Bonchev–Trinajstić information content (AvgIpc) is 2.60. The molecular weight excluding hydrogens is 261 g/mol. The molecule has 1 heterocycles. The number of aryl methyl sites for hydroxylation is 1. The monoisotopic (exact) mass is 280 g/mol. The van der Waals surface area contributed by atoms with E-state index in [9.17, 15) is 13.2 Å². The second-order valence-corrected chi connectivity index (χ2v) is 5.92. The number of nitrogens with two attached hydrogens (primary N) is 1. The Balaban J connectivity index is 2.73. The van der Waals surface area contributed by atoms with Crippen LogP contribution >= 0.6 is 11.3 Å². The molecule has 2 unspecified atom stereocenters. The average molecular weight is 280 g/mol. The molecule has 0 spiro atoms. The Morgan fingerprint density at radius 3 is 2.39 bits per heavy atom. The van der Waals surface area contributed by atoms with Gasteiger partial charge in [-0.05, 0) is 33.0 Å². The Hall–Kier alpha value is -0.590. The second kappa shape index (κ2) is 6.04. The highest BCUT2D eigenvalue weighted by atomic mass is 32.1. The highest BCUT2D eigenvalue weighted by molar-refractivity contribution is 7.12. The molecule has 0 saturated carbocycles. The van der Waals surface area contributed by atoms with Gasteiger partial charge in [0.2, 0.25) is 0 Å². The molecular formula is C12H19F3N2S. The van der Waals surface area contributed by atoms with Crippen LogP contribution in [0, 0.1) is 6.92 Å². The van der Waals surface area contributed by atoms with E-state index in [1.54, 1.807) is 23.3 Å².